The highest BCUT2D eigenvalue weighted by Crippen LogP contribution is 2.44. The fourth-order valence-electron chi connectivity index (χ4n) is 2.43. The highest BCUT2D eigenvalue weighted by molar-refractivity contribution is 6.37. The van der Waals surface area contributed by atoms with Crippen LogP contribution in [0.1, 0.15) is 34.1 Å². The molecule has 114 valence electrons. The number of hydrogen-bond acceptors (Lipinski definition) is 4. The maximum absolute atomic E-state index is 11.6. The summed E-state index contributed by atoms with van der Waals surface area (Å²) < 4.78 is 0. The Hall–Kier alpha value is -2.01. The van der Waals surface area contributed by atoms with Gasteiger partial charge in [0, 0.05) is 11.8 Å². The highest BCUT2D eigenvalue weighted by Gasteiger charge is 2.46. The van der Waals surface area contributed by atoms with Crippen LogP contribution in [0.2, 0.25) is 0 Å². The predicted octanol–water partition coefficient (Wildman–Crippen LogP) is 1.82. The number of aliphatic hydroxyl groups is 1. The molecule has 0 saturated carbocycles. The van der Waals surface area contributed by atoms with E-state index in [1.165, 1.54) is 18.2 Å². The summed E-state index contributed by atoms with van der Waals surface area (Å²) in [6, 6.07) is 0. The largest absolute Gasteiger partial charge is 0.475 e. The molecule has 0 amide bonds. The lowest BCUT2D eigenvalue weighted by Crippen LogP contribution is -2.48. The van der Waals surface area contributed by atoms with E-state index in [1.54, 1.807) is 27.7 Å². The van der Waals surface area contributed by atoms with Crippen LogP contribution in [0.15, 0.2) is 35.5 Å². The summed E-state index contributed by atoms with van der Waals surface area (Å²) in [5.41, 5.74) is -1.06. The average molecular weight is 292 g/mol. The summed E-state index contributed by atoms with van der Waals surface area (Å²) in [5.74, 6) is -2.58. The zero-order valence-electron chi connectivity index (χ0n) is 12.6. The van der Waals surface area contributed by atoms with Gasteiger partial charge < -0.3 is 10.2 Å². The number of hydrogen-bond donors (Lipinski definition) is 2. The van der Waals surface area contributed by atoms with Crippen LogP contribution >= 0.6 is 0 Å². The second-order valence-electron chi connectivity index (χ2n) is 6.01. The van der Waals surface area contributed by atoms with Gasteiger partial charge >= 0.3 is 5.97 Å². The number of allylic oxidation sites excluding steroid dienone is 3. The normalized spacial score (nSPS) is 25.9. The highest BCUT2D eigenvalue weighted by atomic mass is 16.4. The molecule has 0 fully saturated rings. The average Bonchev–Trinajstić information content (AvgIpc) is 2.32. The Balaban J connectivity index is 3.12. The van der Waals surface area contributed by atoms with E-state index in [9.17, 15) is 19.5 Å². The Morgan fingerprint density at radius 3 is 2.38 bits per heavy atom. The van der Waals surface area contributed by atoms with Gasteiger partial charge in [0.2, 0.25) is 0 Å². The number of aliphatic carboxylic acids is 1. The first-order chi connectivity index (χ1) is 9.49. The second-order valence-corrected chi connectivity index (χ2v) is 6.01. The van der Waals surface area contributed by atoms with E-state index >= 15 is 0 Å². The molecule has 0 aromatic rings. The van der Waals surface area contributed by atoms with Gasteiger partial charge in [-0.1, -0.05) is 19.9 Å². The molecule has 5 heteroatoms. The van der Waals surface area contributed by atoms with Gasteiger partial charge in [0.1, 0.15) is 5.60 Å². The fraction of sp³-hybridized carbons (Fsp3) is 0.438. The van der Waals surface area contributed by atoms with Crippen LogP contribution in [0.25, 0.3) is 0 Å². The lowest BCUT2D eigenvalue weighted by molar-refractivity contribution is -0.146. The minimum atomic E-state index is -1.53. The third-order valence-corrected chi connectivity index (χ3v) is 3.78. The van der Waals surface area contributed by atoms with Gasteiger partial charge in [-0.05, 0) is 43.2 Å². The molecule has 0 heterocycles. The number of carbonyl (C=O) groups excluding carboxylic acids is 2. The van der Waals surface area contributed by atoms with Crippen molar-refractivity contribution in [1.29, 1.82) is 0 Å². The van der Waals surface area contributed by atoms with Crippen LogP contribution in [-0.4, -0.2) is 33.3 Å². The number of ketones is 2. The van der Waals surface area contributed by atoms with E-state index < -0.39 is 22.8 Å². The van der Waals surface area contributed by atoms with Crippen molar-refractivity contribution in [3.8, 4) is 0 Å². The quantitative estimate of drug-likeness (QED) is 0.468. The van der Waals surface area contributed by atoms with Crippen LogP contribution in [0, 0.1) is 5.41 Å². The Kier molecular flexibility index (Phi) is 4.69. The van der Waals surface area contributed by atoms with Crippen molar-refractivity contribution < 1.29 is 24.6 Å². The number of rotatable bonds is 4. The van der Waals surface area contributed by atoms with Gasteiger partial charge in [0.05, 0.1) is 0 Å². The predicted molar refractivity (Wildman–Crippen MR) is 77.7 cm³/mol. The van der Waals surface area contributed by atoms with Crippen LogP contribution in [0.3, 0.4) is 0 Å². The third-order valence-electron chi connectivity index (χ3n) is 3.78. The van der Waals surface area contributed by atoms with E-state index in [0.717, 1.165) is 6.08 Å². The van der Waals surface area contributed by atoms with E-state index in [2.05, 4.69) is 0 Å². The maximum Gasteiger partial charge on any atom is 0.376 e. The first-order valence-corrected chi connectivity index (χ1v) is 6.58. The van der Waals surface area contributed by atoms with E-state index in [-0.39, 0.29) is 12.2 Å². The van der Waals surface area contributed by atoms with Crippen LogP contribution in [0.4, 0.5) is 0 Å². The molecule has 1 unspecified atom stereocenters. The van der Waals surface area contributed by atoms with Gasteiger partial charge in [-0.15, -0.1) is 0 Å². The summed E-state index contributed by atoms with van der Waals surface area (Å²) in [6.07, 6.45) is 5.61. The summed E-state index contributed by atoms with van der Waals surface area (Å²) in [5, 5.41) is 19.4. The zero-order valence-corrected chi connectivity index (χ0v) is 12.6. The molecule has 0 aromatic heterocycles. The molecule has 5 nitrogen and oxygen atoms in total. The molecular weight excluding hydrogens is 272 g/mol. The first kappa shape index (κ1) is 17.0. The monoisotopic (exact) mass is 292 g/mol. The Bertz CT molecular complexity index is 577. The molecule has 0 aromatic carbocycles. The summed E-state index contributed by atoms with van der Waals surface area (Å²) >= 11 is 0. The van der Waals surface area contributed by atoms with Gasteiger partial charge in [0.25, 0.3) is 5.78 Å². The molecule has 0 spiro atoms. The molecule has 1 aliphatic rings. The minimum absolute atomic E-state index is 0.0381. The van der Waals surface area contributed by atoms with Crippen molar-refractivity contribution >= 4 is 17.5 Å². The van der Waals surface area contributed by atoms with Crippen LogP contribution in [-0.2, 0) is 14.4 Å². The van der Waals surface area contributed by atoms with Crippen LogP contribution in [0.5, 0.6) is 0 Å². The van der Waals surface area contributed by atoms with Crippen molar-refractivity contribution in [3.05, 3.63) is 35.5 Å². The molecule has 1 atom stereocenters. The van der Waals surface area contributed by atoms with Crippen molar-refractivity contribution in [1.82, 2.24) is 0 Å². The SMILES string of the molecule is CC(C=CC1(O)C(C)=CC(=O)CC1(C)C)=CC(=O)C(=O)O. The van der Waals surface area contributed by atoms with E-state index in [1.807, 2.05) is 0 Å². The topological polar surface area (TPSA) is 91.7 Å². The maximum atomic E-state index is 11.6. The van der Waals surface area contributed by atoms with E-state index in [0.29, 0.717) is 11.1 Å². The molecule has 2 N–H and O–H groups in total. The van der Waals surface area contributed by atoms with Crippen molar-refractivity contribution in [2.45, 2.75) is 39.7 Å². The Morgan fingerprint density at radius 1 is 1.33 bits per heavy atom. The molecule has 1 rings (SSSR count). The summed E-state index contributed by atoms with van der Waals surface area (Å²) in [6.45, 7) is 6.81. The molecular formula is C16H20O5. The van der Waals surface area contributed by atoms with Gasteiger partial charge in [-0.2, -0.15) is 0 Å². The molecule has 1 aliphatic carbocycles. The van der Waals surface area contributed by atoms with Crippen LogP contribution < -0.4 is 0 Å². The number of carboxylic acid groups (broad SMARTS) is 1. The lowest BCUT2D eigenvalue weighted by Gasteiger charge is -2.44. The smallest absolute Gasteiger partial charge is 0.376 e. The molecule has 0 radical (unpaired) electrons. The summed E-state index contributed by atoms with van der Waals surface area (Å²) in [4.78, 5) is 33.2. The number of carboxylic acids is 1. The number of carbonyl (C=O) groups is 3. The van der Waals surface area contributed by atoms with Gasteiger partial charge in [-0.3, -0.25) is 9.59 Å². The standard InChI is InChI=1S/C16H20O5/c1-10(7-13(18)14(19)20)5-6-16(21)11(2)8-12(17)9-15(16,3)4/h5-8,21H,9H2,1-4H3,(H,19,20). The molecule has 0 aliphatic heterocycles. The van der Waals surface area contributed by atoms with Crippen molar-refractivity contribution in [2.75, 3.05) is 0 Å². The van der Waals surface area contributed by atoms with E-state index in [4.69, 9.17) is 5.11 Å². The Morgan fingerprint density at radius 2 is 1.90 bits per heavy atom. The lowest BCUT2D eigenvalue weighted by atomic mass is 9.64. The van der Waals surface area contributed by atoms with Gasteiger partial charge in [0.15, 0.2) is 5.78 Å². The second kappa shape index (κ2) is 5.77. The fourth-order valence-corrected chi connectivity index (χ4v) is 2.43. The molecule has 0 bridgehead atoms. The van der Waals surface area contributed by atoms with Crippen molar-refractivity contribution in [2.24, 2.45) is 5.41 Å². The molecule has 21 heavy (non-hydrogen) atoms. The third kappa shape index (κ3) is 3.55. The Labute approximate surface area is 123 Å². The van der Waals surface area contributed by atoms with Gasteiger partial charge in [-0.25, -0.2) is 4.79 Å². The first-order valence-electron chi connectivity index (χ1n) is 6.58. The minimum Gasteiger partial charge on any atom is -0.475 e. The summed E-state index contributed by atoms with van der Waals surface area (Å²) in [7, 11) is 0. The molecule has 0 saturated heterocycles. The van der Waals surface area contributed by atoms with Crippen molar-refractivity contribution in [3.63, 3.8) is 0 Å². The zero-order chi connectivity index (χ0) is 16.4.